The summed E-state index contributed by atoms with van der Waals surface area (Å²) in [6.45, 7) is 1.84. The van der Waals surface area contributed by atoms with Gasteiger partial charge in [0.25, 0.3) is 10.1 Å². The lowest BCUT2D eigenvalue weighted by atomic mass is 10.1. The zero-order chi connectivity index (χ0) is 15.2. The molecule has 5 nitrogen and oxygen atoms in total. The summed E-state index contributed by atoms with van der Waals surface area (Å²) in [4.78, 5) is 9.55. The van der Waals surface area contributed by atoms with E-state index < -0.39 is 16.1 Å². The summed E-state index contributed by atoms with van der Waals surface area (Å²) in [7, 11) is -4.13. The van der Waals surface area contributed by atoms with Gasteiger partial charge in [-0.2, -0.15) is 8.42 Å². The molecule has 0 radical (unpaired) electrons. The van der Waals surface area contributed by atoms with Crippen molar-refractivity contribution in [2.75, 3.05) is 0 Å². The summed E-state index contributed by atoms with van der Waals surface area (Å²) in [6, 6.07) is 11.8. The fourth-order valence-electron chi connectivity index (χ4n) is 1.63. The maximum absolute atomic E-state index is 11.0. The molecule has 2 aromatic carbocycles. The summed E-state index contributed by atoms with van der Waals surface area (Å²) in [6.07, 6.45) is 1.02. The van der Waals surface area contributed by atoms with Crippen LogP contribution in [0, 0.1) is 0 Å². The van der Waals surface area contributed by atoms with Crippen molar-refractivity contribution in [3.8, 4) is 0 Å². The van der Waals surface area contributed by atoms with E-state index in [0.29, 0.717) is 11.8 Å². The third-order valence-electron chi connectivity index (χ3n) is 2.49. The molecule has 0 spiro atoms. The Balaban J connectivity index is 0.000000286. The summed E-state index contributed by atoms with van der Waals surface area (Å²) in [5.74, 6) is -0.711. The Bertz CT molecular complexity index is 686. The van der Waals surface area contributed by atoms with Gasteiger partial charge in [0, 0.05) is 11.8 Å². The number of carboxylic acids is 1. The molecule has 0 unspecified atom stereocenters. The van der Waals surface area contributed by atoms with E-state index in [1.54, 1.807) is 30.3 Å². The molecule has 0 heterocycles. The highest BCUT2D eigenvalue weighted by Crippen LogP contribution is 2.21. The Kier molecular flexibility index (Phi) is 5.66. The molecule has 0 bridgehead atoms. The van der Waals surface area contributed by atoms with Crippen molar-refractivity contribution in [3.05, 3.63) is 42.5 Å². The lowest BCUT2D eigenvalue weighted by Gasteiger charge is -2.02. The van der Waals surface area contributed by atoms with Gasteiger partial charge in [-0.1, -0.05) is 43.3 Å². The van der Waals surface area contributed by atoms with Gasteiger partial charge < -0.3 is 5.11 Å². The molecule has 2 N–H and O–H groups in total. The highest BCUT2D eigenvalue weighted by Gasteiger charge is 2.12. The topological polar surface area (TPSA) is 91.7 Å². The number of hydrogen-bond acceptors (Lipinski definition) is 3. The van der Waals surface area contributed by atoms with Crippen molar-refractivity contribution in [1.82, 2.24) is 0 Å². The lowest BCUT2D eigenvalue weighted by molar-refractivity contribution is -0.137. The number of aliphatic carboxylic acids is 1. The van der Waals surface area contributed by atoms with E-state index in [-0.39, 0.29) is 4.90 Å². The van der Waals surface area contributed by atoms with Crippen LogP contribution in [0.15, 0.2) is 47.4 Å². The molecular formula is C14H16O5S. The van der Waals surface area contributed by atoms with Crippen molar-refractivity contribution >= 4 is 26.9 Å². The van der Waals surface area contributed by atoms with Crippen LogP contribution in [0.4, 0.5) is 0 Å². The van der Waals surface area contributed by atoms with Crippen LogP contribution in [0.5, 0.6) is 0 Å². The predicted octanol–water partition coefficient (Wildman–Crippen LogP) is 2.96. The Morgan fingerprint density at radius 3 is 2.20 bits per heavy atom. The first-order valence-corrected chi connectivity index (χ1v) is 7.47. The van der Waals surface area contributed by atoms with Crippen LogP contribution in [-0.4, -0.2) is 24.0 Å². The summed E-state index contributed by atoms with van der Waals surface area (Å²) < 4.78 is 31.0. The van der Waals surface area contributed by atoms with Gasteiger partial charge in [0.15, 0.2) is 0 Å². The highest BCUT2D eigenvalue weighted by atomic mass is 32.2. The van der Waals surface area contributed by atoms with E-state index in [9.17, 15) is 13.2 Å². The maximum atomic E-state index is 11.0. The molecule has 0 atom stereocenters. The van der Waals surface area contributed by atoms with Crippen molar-refractivity contribution in [3.63, 3.8) is 0 Å². The highest BCUT2D eigenvalue weighted by molar-refractivity contribution is 7.86. The van der Waals surface area contributed by atoms with Gasteiger partial charge in [-0.05, 0) is 17.9 Å². The van der Waals surface area contributed by atoms with Crippen molar-refractivity contribution in [1.29, 1.82) is 0 Å². The first-order valence-electron chi connectivity index (χ1n) is 6.03. The Hall–Kier alpha value is -1.92. The van der Waals surface area contributed by atoms with Crippen LogP contribution in [-0.2, 0) is 14.9 Å². The van der Waals surface area contributed by atoms with Gasteiger partial charge in [-0.3, -0.25) is 9.35 Å². The molecule has 0 aliphatic carbocycles. The molecule has 0 amide bonds. The van der Waals surface area contributed by atoms with Crippen LogP contribution >= 0.6 is 0 Å². The van der Waals surface area contributed by atoms with Crippen molar-refractivity contribution in [2.24, 2.45) is 0 Å². The Morgan fingerprint density at radius 2 is 1.70 bits per heavy atom. The van der Waals surface area contributed by atoms with Crippen molar-refractivity contribution < 1.29 is 22.9 Å². The minimum atomic E-state index is -4.13. The van der Waals surface area contributed by atoms with Crippen LogP contribution in [0.1, 0.15) is 19.8 Å². The molecule has 108 valence electrons. The monoisotopic (exact) mass is 296 g/mol. The summed E-state index contributed by atoms with van der Waals surface area (Å²) in [5, 5.41) is 9.25. The maximum Gasteiger partial charge on any atom is 0.303 e. The number of hydrogen-bond donors (Lipinski definition) is 2. The summed E-state index contributed by atoms with van der Waals surface area (Å²) >= 11 is 0. The molecule has 0 aromatic heterocycles. The van der Waals surface area contributed by atoms with E-state index in [1.165, 1.54) is 6.07 Å². The lowest BCUT2D eigenvalue weighted by Crippen LogP contribution is -1.98. The number of fused-ring (bicyclic) bond motifs is 1. The molecule has 2 rings (SSSR count). The Morgan fingerprint density at radius 1 is 1.10 bits per heavy atom. The quantitative estimate of drug-likeness (QED) is 0.850. The third-order valence-corrected chi connectivity index (χ3v) is 3.40. The van der Waals surface area contributed by atoms with Crippen LogP contribution in [0.3, 0.4) is 0 Å². The molecule has 0 aliphatic heterocycles. The largest absolute Gasteiger partial charge is 0.481 e. The van der Waals surface area contributed by atoms with Gasteiger partial charge in [0.05, 0.1) is 0 Å². The minimum Gasteiger partial charge on any atom is -0.481 e. The molecular weight excluding hydrogens is 280 g/mol. The van der Waals surface area contributed by atoms with E-state index in [2.05, 4.69) is 0 Å². The number of rotatable bonds is 3. The van der Waals surface area contributed by atoms with E-state index in [4.69, 9.17) is 9.66 Å². The van der Waals surface area contributed by atoms with Gasteiger partial charge >= 0.3 is 5.97 Å². The first kappa shape index (κ1) is 16.1. The average molecular weight is 296 g/mol. The van der Waals surface area contributed by atoms with Crippen LogP contribution < -0.4 is 0 Å². The number of carbonyl (C=O) groups is 1. The van der Waals surface area contributed by atoms with Gasteiger partial charge in [-0.15, -0.1) is 0 Å². The zero-order valence-electron chi connectivity index (χ0n) is 11.0. The smallest absolute Gasteiger partial charge is 0.303 e. The average Bonchev–Trinajstić information content (AvgIpc) is 2.37. The Labute approximate surface area is 117 Å². The molecule has 0 saturated heterocycles. The van der Waals surface area contributed by atoms with Gasteiger partial charge in [0.1, 0.15) is 4.90 Å². The molecule has 20 heavy (non-hydrogen) atoms. The standard InChI is InChI=1S/C10H8O3S.C4H8O2/c11-14(12,13)10-7-3-5-8-4-1-2-6-9(8)10;1-2-3-4(5)6/h1-7H,(H,11,12,13);2-3H2,1H3,(H,5,6). The molecule has 0 saturated carbocycles. The molecule has 0 aliphatic rings. The second kappa shape index (κ2) is 7.02. The fourth-order valence-corrected chi connectivity index (χ4v) is 2.35. The third kappa shape index (κ3) is 4.64. The van der Waals surface area contributed by atoms with Crippen LogP contribution in [0.2, 0.25) is 0 Å². The predicted molar refractivity (Wildman–Crippen MR) is 76.3 cm³/mol. The SMILES string of the molecule is CCCC(=O)O.O=S(=O)(O)c1cccc2ccccc12. The second-order valence-electron chi connectivity index (χ2n) is 4.10. The molecule has 6 heteroatoms. The van der Waals surface area contributed by atoms with Crippen molar-refractivity contribution in [2.45, 2.75) is 24.7 Å². The van der Waals surface area contributed by atoms with Gasteiger partial charge in [-0.25, -0.2) is 0 Å². The molecule has 0 fully saturated rings. The summed E-state index contributed by atoms with van der Waals surface area (Å²) in [5.41, 5.74) is 0. The van der Waals surface area contributed by atoms with E-state index in [1.807, 2.05) is 13.0 Å². The van der Waals surface area contributed by atoms with E-state index in [0.717, 1.165) is 11.8 Å². The molecule has 2 aromatic rings. The number of carboxylic acid groups (broad SMARTS) is 1. The number of benzene rings is 2. The first-order chi connectivity index (χ1) is 9.36. The minimum absolute atomic E-state index is 0.0457. The zero-order valence-corrected chi connectivity index (χ0v) is 11.8. The van der Waals surface area contributed by atoms with Crippen LogP contribution in [0.25, 0.3) is 10.8 Å². The van der Waals surface area contributed by atoms with Gasteiger partial charge in [0.2, 0.25) is 0 Å². The normalized spacial score (nSPS) is 10.7. The second-order valence-corrected chi connectivity index (χ2v) is 5.49. The fraction of sp³-hybridized carbons (Fsp3) is 0.214. The van der Waals surface area contributed by atoms with E-state index >= 15 is 0 Å².